The standard InChI is InChI=1S/C12H12N6O3S/c1-2-5-22-12-14-11(16-17-12)15-13-7-8-6-9(18(20)21)3-4-10(8)19/h2-4,6-7,19H,1,5H2,(H2,14,15,16,17)/p-1/b13-7-. The first kappa shape index (κ1) is 15.5. The van der Waals surface area contributed by atoms with Gasteiger partial charge < -0.3 is 5.11 Å². The van der Waals surface area contributed by atoms with Crippen LogP contribution < -0.4 is 10.5 Å². The SMILES string of the molecule is C=CCSc1n[nH]c(N/N=C\c2cc([N+](=O)[O-])ccc2[O-])n1. The zero-order chi connectivity index (χ0) is 15.9. The van der Waals surface area contributed by atoms with Crippen LogP contribution in [0.1, 0.15) is 5.56 Å². The molecule has 1 aromatic carbocycles. The van der Waals surface area contributed by atoms with Crippen molar-refractivity contribution in [3.05, 3.63) is 46.5 Å². The number of non-ortho nitro benzene ring substituents is 1. The lowest BCUT2D eigenvalue weighted by molar-refractivity contribution is -0.385. The summed E-state index contributed by atoms with van der Waals surface area (Å²) < 4.78 is 0. The van der Waals surface area contributed by atoms with Gasteiger partial charge in [0.05, 0.1) is 11.1 Å². The number of hydrogen-bond donors (Lipinski definition) is 2. The van der Waals surface area contributed by atoms with Crippen LogP contribution in [0.2, 0.25) is 0 Å². The monoisotopic (exact) mass is 319 g/mol. The Labute approximate surface area is 129 Å². The molecule has 1 aromatic heterocycles. The number of rotatable bonds is 7. The zero-order valence-corrected chi connectivity index (χ0v) is 12.0. The van der Waals surface area contributed by atoms with Crippen LogP contribution in [0.5, 0.6) is 5.75 Å². The van der Waals surface area contributed by atoms with Crippen molar-refractivity contribution >= 4 is 29.6 Å². The first-order valence-electron chi connectivity index (χ1n) is 6.01. The molecule has 0 radical (unpaired) electrons. The van der Waals surface area contributed by atoms with Crippen molar-refractivity contribution in [1.29, 1.82) is 0 Å². The van der Waals surface area contributed by atoms with Gasteiger partial charge in [-0.3, -0.25) is 10.1 Å². The average Bonchev–Trinajstić information content (AvgIpc) is 2.94. The molecule has 0 bridgehead atoms. The number of aromatic nitrogens is 3. The van der Waals surface area contributed by atoms with E-state index in [0.717, 1.165) is 18.2 Å². The van der Waals surface area contributed by atoms with E-state index in [2.05, 4.69) is 32.3 Å². The molecule has 0 saturated carbocycles. The maximum atomic E-state index is 11.6. The normalized spacial score (nSPS) is 10.7. The number of hydrazone groups is 1. The summed E-state index contributed by atoms with van der Waals surface area (Å²) >= 11 is 1.39. The Bertz CT molecular complexity index is 715. The fraction of sp³-hybridized carbons (Fsp3) is 0.0833. The third-order valence-electron chi connectivity index (χ3n) is 2.37. The molecule has 0 atom stereocenters. The topological polar surface area (TPSA) is 132 Å². The number of nitrogens with zero attached hydrogens (tertiary/aromatic N) is 4. The van der Waals surface area contributed by atoms with Gasteiger partial charge in [-0.05, 0) is 5.56 Å². The third kappa shape index (κ3) is 4.06. The third-order valence-corrected chi connectivity index (χ3v) is 3.22. The summed E-state index contributed by atoms with van der Waals surface area (Å²) in [5.74, 6) is 0.602. The molecule has 22 heavy (non-hydrogen) atoms. The van der Waals surface area contributed by atoms with Crippen LogP contribution in [-0.2, 0) is 0 Å². The highest BCUT2D eigenvalue weighted by Crippen LogP contribution is 2.19. The van der Waals surface area contributed by atoms with E-state index < -0.39 is 4.92 Å². The second-order valence-electron chi connectivity index (χ2n) is 3.92. The Morgan fingerprint density at radius 1 is 1.55 bits per heavy atom. The molecule has 0 unspecified atom stereocenters. The molecule has 0 amide bonds. The Kier molecular flexibility index (Phi) is 5.09. The molecule has 114 valence electrons. The molecule has 10 heteroatoms. The lowest BCUT2D eigenvalue weighted by Crippen LogP contribution is -1.99. The summed E-state index contributed by atoms with van der Waals surface area (Å²) in [5.41, 5.74) is 2.48. The molecule has 0 aliphatic carbocycles. The van der Waals surface area contributed by atoms with E-state index in [1.165, 1.54) is 18.0 Å². The molecule has 2 rings (SSSR count). The molecule has 2 aromatic rings. The molecule has 0 fully saturated rings. The van der Waals surface area contributed by atoms with Crippen LogP contribution in [-0.4, -0.2) is 32.1 Å². The van der Waals surface area contributed by atoms with Crippen molar-refractivity contribution < 1.29 is 10.0 Å². The number of thioether (sulfide) groups is 1. The Morgan fingerprint density at radius 2 is 2.36 bits per heavy atom. The molecule has 0 saturated heterocycles. The van der Waals surface area contributed by atoms with Gasteiger partial charge in [0.15, 0.2) is 0 Å². The summed E-state index contributed by atoms with van der Waals surface area (Å²) in [6.45, 7) is 3.59. The first-order valence-corrected chi connectivity index (χ1v) is 6.99. The molecule has 9 nitrogen and oxygen atoms in total. The van der Waals surface area contributed by atoms with Gasteiger partial charge in [0.1, 0.15) is 0 Å². The van der Waals surface area contributed by atoms with Crippen molar-refractivity contribution in [3.8, 4) is 5.75 Å². The molecule has 1 heterocycles. The van der Waals surface area contributed by atoms with Crippen molar-refractivity contribution in [2.45, 2.75) is 5.16 Å². The van der Waals surface area contributed by atoms with Crippen molar-refractivity contribution in [2.24, 2.45) is 5.10 Å². The number of nitro benzene ring substituents is 1. The highest BCUT2D eigenvalue weighted by Gasteiger charge is 2.05. The summed E-state index contributed by atoms with van der Waals surface area (Å²) in [6, 6.07) is 3.42. The van der Waals surface area contributed by atoms with Gasteiger partial charge in [0.25, 0.3) is 5.69 Å². The summed E-state index contributed by atoms with van der Waals surface area (Å²) in [6.07, 6.45) is 2.92. The fourth-order valence-electron chi connectivity index (χ4n) is 1.41. The van der Waals surface area contributed by atoms with Gasteiger partial charge in [-0.15, -0.1) is 11.7 Å². The van der Waals surface area contributed by atoms with E-state index in [4.69, 9.17) is 0 Å². The fourth-order valence-corrected chi connectivity index (χ4v) is 1.94. The second-order valence-corrected chi connectivity index (χ2v) is 4.90. The highest BCUT2D eigenvalue weighted by atomic mass is 32.2. The van der Waals surface area contributed by atoms with Gasteiger partial charge in [-0.1, -0.05) is 29.7 Å². The Morgan fingerprint density at radius 3 is 3.09 bits per heavy atom. The minimum atomic E-state index is -0.580. The number of aromatic amines is 1. The van der Waals surface area contributed by atoms with Gasteiger partial charge in [-0.2, -0.15) is 10.1 Å². The smallest absolute Gasteiger partial charge is 0.270 e. The van der Waals surface area contributed by atoms with Gasteiger partial charge in [0, 0.05) is 17.9 Å². The van der Waals surface area contributed by atoms with Crippen molar-refractivity contribution in [3.63, 3.8) is 0 Å². The van der Waals surface area contributed by atoms with Crippen LogP contribution in [0, 0.1) is 10.1 Å². The summed E-state index contributed by atoms with van der Waals surface area (Å²) in [4.78, 5) is 14.2. The highest BCUT2D eigenvalue weighted by molar-refractivity contribution is 7.99. The minimum Gasteiger partial charge on any atom is -0.872 e. The van der Waals surface area contributed by atoms with Gasteiger partial charge in [0.2, 0.25) is 11.1 Å². The van der Waals surface area contributed by atoms with Gasteiger partial charge in [-0.25, -0.2) is 10.5 Å². The second kappa shape index (κ2) is 7.22. The van der Waals surface area contributed by atoms with Crippen LogP contribution in [0.15, 0.2) is 41.1 Å². The maximum Gasteiger partial charge on any atom is 0.270 e. The van der Waals surface area contributed by atoms with E-state index >= 15 is 0 Å². The van der Waals surface area contributed by atoms with Crippen LogP contribution in [0.4, 0.5) is 11.6 Å². The lowest BCUT2D eigenvalue weighted by atomic mass is 10.2. The predicted molar refractivity (Wildman–Crippen MR) is 81.1 cm³/mol. The van der Waals surface area contributed by atoms with E-state index in [9.17, 15) is 15.2 Å². The van der Waals surface area contributed by atoms with Crippen molar-refractivity contribution in [2.75, 3.05) is 11.2 Å². The van der Waals surface area contributed by atoms with E-state index in [0.29, 0.717) is 16.9 Å². The van der Waals surface area contributed by atoms with Gasteiger partial charge >= 0.3 is 0 Å². The number of hydrogen-bond acceptors (Lipinski definition) is 8. The Balaban J connectivity index is 2.03. The zero-order valence-electron chi connectivity index (χ0n) is 11.2. The van der Waals surface area contributed by atoms with Crippen molar-refractivity contribution in [1.82, 2.24) is 15.2 Å². The van der Waals surface area contributed by atoms with E-state index in [1.807, 2.05) is 0 Å². The molecule has 0 aliphatic rings. The largest absolute Gasteiger partial charge is 0.872 e. The number of nitro groups is 1. The summed E-state index contributed by atoms with van der Waals surface area (Å²) in [7, 11) is 0. The van der Waals surface area contributed by atoms with Crippen LogP contribution in [0.3, 0.4) is 0 Å². The average molecular weight is 319 g/mol. The number of anilines is 1. The maximum absolute atomic E-state index is 11.6. The van der Waals surface area contributed by atoms with E-state index in [1.54, 1.807) is 6.08 Å². The van der Waals surface area contributed by atoms with Crippen LogP contribution in [0.25, 0.3) is 0 Å². The molecular formula is C12H11N6O3S-. The minimum absolute atomic E-state index is 0.0995. The predicted octanol–water partition coefficient (Wildman–Crippen LogP) is 1.51. The quantitative estimate of drug-likeness (QED) is 0.260. The molecule has 0 aliphatic heterocycles. The first-order chi connectivity index (χ1) is 10.6. The Hall–Kier alpha value is -2.88. The lowest BCUT2D eigenvalue weighted by Gasteiger charge is -2.08. The van der Waals surface area contributed by atoms with E-state index in [-0.39, 0.29) is 17.0 Å². The number of H-pyrrole nitrogens is 1. The molecular weight excluding hydrogens is 308 g/mol. The number of nitrogens with one attached hydrogen (secondary N) is 2. The molecule has 0 spiro atoms. The summed E-state index contributed by atoms with van der Waals surface area (Å²) in [5, 5.41) is 33.1. The van der Waals surface area contributed by atoms with Crippen LogP contribution >= 0.6 is 11.8 Å². The molecule has 2 N–H and O–H groups in total. The number of benzene rings is 1.